The Morgan fingerprint density at radius 3 is 3.14 bits per heavy atom. The molecule has 0 spiro atoms. The van der Waals surface area contributed by atoms with Crippen molar-refractivity contribution in [3.05, 3.63) is 23.5 Å². The smallest absolute Gasteiger partial charge is 0.129 e. The normalized spacial score (nSPS) is 21.1. The van der Waals surface area contributed by atoms with Crippen molar-refractivity contribution in [1.29, 1.82) is 0 Å². The zero-order chi connectivity index (χ0) is 9.80. The minimum Gasteiger partial charge on any atom is -0.382 e. The molecule has 3 nitrogen and oxygen atoms in total. The Kier molecular flexibility index (Phi) is 3.22. The van der Waals surface area contributed by atoms with E-state index >= 15 is 0 Å². The van der Waals surface area contributed by atoms with Crippen molar-refractivity contribution < 1.29 is 0 Å². The van der Waals surface area contributed by atoms with Gasteiger partial charge in [-0.1, -0.05) is 11.6 Å². The first-order chi connectivity index (χ1) is 6.84. The topological polar surface area (TPSA) is 37.0 Å². The van der Waals surface area contributed by atoms with E-state index in [9.17, 15) is 0 Å². The maximum absolute atomic E-state index is 5.69. The van der Waals surface area contributed by atoms with Crippen molar-refractivity contribution >= 4 is 17.3 Å². The number of rotatable bonds is 3. The number of nitrogens with one attached hydrogen (secondary N) is 2. The lowest BCUT2D eigenvalue weighted by atomic mass is 10.2. The van der Waals surface area contributed by atoms with Crippen molar-refractivity contribution in [2.45, 2.75) is 18.9 Å². The van der Waals surface area contributed by atoms with Crippen molar-refractivity contribution in [2.24, 2.45) is 0 Å². The summed E-state index contributed by atoms with van der Waals surface area (Å²) in [5, 5.41) is 7.30. The fraction of sp³-hybridized carbons (Fsp3) is 0.500. The third-order valence-electron chi connectivity index (χ3n) is 2.44. The van der Waals surface area contributed by atoms with E-state index in [1.54, 1.807) is 12.3 Å². The van der Waals surface area contributed by atoms with E-state index in [-0.39, 0.29) is 0 Å². The van der Waals surface area contributed by atoms with Crippen LogP contribution in [0.15, 0.2) is 18.3 Å². The van der Waals surface area contributed by atoms with Gasteiger partial charge in [-0.25, -0.2) is 4.98 Å². The Morgan fingerprint density at radius 1 is 1.57 bits per heavy atom. The lowest BCUT2D eigenvalue weighted by Gasteiger charge is -2.11. The molecule has 1 unspecified atom stereocenters. The summed E-state index contributed by atoms with van der Waals surface area (Å²) in [6.45, 7) is 2.11. The monoisotopic (exact) mass is 211 g/mol. The molecule has 0 radical (unpaired) electrons. The first-order valence-electron chi connectivity index (χ1n) is 4.93. The maximum Gasteiger partial charge on any atom is 0.129 e. The molecule has 1 aliphatic heterocycles. The van der Waals surface area contributed by atoms with Gasteiger partial charge in [-0.15, -0.1) is 0 Å². The fourth-order valence-corrected chi connectivity index (χ4v) is 1.76. The predicted molar refractivity (Wildman–Crippen MR) is 58.8 cm³/mol. The van der Waals surface area contributed by atoms with Crippen LogP contribution in [0.1, 0.15) is 12.8 Å². The van der Waals surface area contributed by atoms with Crippen LogP contribution in [0.4, 0.5) is 5.69 Å². The molecule has 0 amide bonds. The van der Waals surface area contributed by atoms with E-state index in [4.69, 9.17) is 11.6 Å². The van der Waals surface area contributed by atoms with Crippen LogP contribution in [0.3, 0.4) is 0 Å². The molecule has 1 aromatic heterocycles. The van der Waals surface area contributed by atoms with Gasteiger partial charge in [0.05, 0.1) is 11.9 Å². The SMILES string of the molecule is Clc1ccc(NCC2CCCN2)cn1. The summed E-state index contributed by atoms with van der Waals surface area (Å²) >= 11 is 5.69. The number of nitrogens with zero attached hydrogens (tertiary/aromatic N) is 1. The van der Waals surface area contributed by atoms with Crippen LogP contribution in [0.2, 0.25) is 5.15 Å². The lowest BCUT2D eigenvalue weighted by molar-refractivity contribution is 0.633. The molecule has 0 bridgehead atoms. The molecule has 1 aromatic rings. The number of anilines is 1. The zero-order valence-electron chi connectivity index (χ0n) is 7.96. The van der Waals surface area contributed by atoms with Crippen LogP contribution in [0.5, 0.6) is 0 Å². The first-order valence-corrected chi connectivity index (χ1v) is 5.31. The van der Waals surface area contributed by atoms with Gasteiger partial charge in [0.15, 0.2) is 0 Å². The summed E-state index contributed by atoms with van der Waals surface area (Å²) in [5.41, 5.74) is 1.03. The minimum absolute atomic E-state index is 0.537. The van der Waals surface area contributed by atoms with E-state index in [0.717, 1.165) is 18.8 Å². The molecule has 2 N–H and O–H groups in total. The average Bonchev–Trinajstić information content (AvgIpc) is 2.70. The van der Waals surface area contributed by atoms with Gasteiger partial charge in [-0.2, -0.15) is 0 Å². The van der Waals surface area contributed by atoms with Crippen molar-refractivity contribution in [3.8, 4) is 0 Å². The fourth-order valence-electron chi connectivity index (χ4n) is 1.65. The highest BCUT2D eigenvalue weighted by atomic mass is 35.5. The van der Waals surface area contributed by atoms with Crippen LogP contribution in [0, 0.1) is 0 Å². The summed E-state index contributed by atoms with van der Waals surface area (Å²) in [4.78, 5) is 4.01. The van der Waals surface area contributed by atoms with Gasteiger partial charge >= 0.3 is 0 Å². The molecule has 1 atom stereocenters. The van der Waals surface area contributed by atoms with Gasteiger partial charge in [0.1, 0.15) is 5.15 Å². The van der Waals surface area contributed by atoms with Gasteiger partial charge < -0.3 is 10.6 Å². The number of pyridine rings is 1. The molecule has 1 aliphatic rings. The van der Waals surface area contributed by atoms with Crippen LogP contribution in [-0.4, -0.2) is 24.1 Å². The van der Waals surface area contributed by atoms with Crippen molar-refractivity contribution in [2.75, 3.05) is 18.4 Å². The van der Waals surface area contributed by atoms with Gasteiger partial charge in [0.25, 0.3) is 0 Å². The average molecular weight is 212 g/mol. The molecule has 0 saturated carbocycles. The van der Waals surface area contributed by atoms with E-state index in [0.29, 0.717) is 11.2 Å². The number of aromatic nitrogens is 1. The summed E-state index contributed by atoms with van der Waals surface area (Å²) in [6.07, 6.45) is 4.30. The molecule has 1 saturated heterocycles. The lowest BCUT2D eigenvalue weighted by Crippen LogP contribution is -2.29. The number of hydrogen-bond acceptors (Lipinski definition) is 3. The molecule has 0 aliphatic carbocycles. The van der Waals surface area contributed by atoms with Crippen LogP contribution < -0.4 is 10.6 Å². The summed E-state index contributed by atoms with van der Waals surface area (Å²) in [6, 6.07) is 4.35. The highest BCUT2D eigenvalue weighted by molar-refractivity contribution is 6.29. The molecule has 4 heteroatoms. The van der Waals surface area contributed by atoms with E-state index < -0.39 is 0 Å². The minimum atomic E-state index is 0.537. The van der Waals surface area contributed by atoms with Gasteiger partial charge in [-0.05, 0) is 31.5 Å². The standard InChI is InChI=1S/C10H14ClN3/c11-10-4-3-9(7-14-10)13-6-8-2-1-5-12-8/h3-4,7-8,12-13H,1-2,5-6H2. The Morgan fingerprint density at radius 2 is 2.50 bits per heavy atom. The van der Waals surface area contributed by atoms with E-state index in [1.165, 1.54) is 12.8 Å². The Labute approximate surface area is 88.9 Å². The largest absolute Gasteiger partial charge is 0.382 e. The van der Waals surface area contributed by atoms with Crippen molar-refractivity contribution in [3.63, 3.8) is 0 Å². The summed E-state index contributed by atoms with van der Waals surface area (Å²) < 4.78 is 0. The van der Waals surface area contributed by atoms with Crippen LogP contribution in [0.25, 0.3) is 0 Å². The quantitative estimate of drug-likeness (QED) is 0.750. The summed E-state index contributed by atoms with van der Waals surface area (Å²) in [7, 11) is 0. The Balaban J connectivity index is 1.82. The molecule has 14 heavy (non-hydrogen) atoms. The molecule has 76 valence electrons. The van der Waals surface area contributed by atoms with Crippen LogP contribution >= 0.6 is 11.6 Å². The third kappa shape index (κ3) is 2.59. The maximum atomic E-state index is 5.69. The molecule has 0 aromatic carbocycles. The van der Waals surface area contributed by atoms with E-state index in [1.807, 2.05) is 6.07 Å². The van der Waals surface area contributed by atoms with Gasteiger partial charge in [0, 0.05) is 12.6 Å². The van der Waals surface area contributed by atoms with Gasteiger partial charge in [0.2, 0.25) is 0 Å². The Hall–Kier alpha value is -0.800. The molecular weight excluding hydrogens is 198 g/mol. The van der Waals surface area contributed by atoms with Crippen molar-refractivity contribution in [1.82, 2.24) is 10.3 Å². The molecular formula is C10H14ClN3. The second kappa shape index (κ2) is 4.62. The highest BCUT2D eigenvalue weighted by Gasteiger charge is 2.12. The van der Waals surface area contributed by atoms with E-state index in [2.05, 4.69) is 15.6 Å². The molecule has 1 fully saturated rings. The first kappa shape index (κ1) is 9.74. The molecule has 2 heterocycles. The number of hydrogen-bond donors (Lipinski definition) is 2. The third-order valence-corrected chi connectivity index (χ3v) is 2.67. The van der Waals surface area contributed by atoms with Crippen LogP contribution in [-0.2, 0) is 0 Å². The second-order valence-electron chi connectivity index (χ2n) is 3.54. The second-order valence-corrected chi connectivity index (χ2v) is 3.93. The zero-order valence-corrected chi connectivity index (χ0v) is 8.72. The van der Waals surface area contributed by atoms with Gasteiger partial charge in [-0.3, -0.25) is 0 Å². The summed E-state index contributed by atoms with van der Waals surface area (Å²) in [5.74, 6) is 0. The number of halogens is 1. The highest BCUT2D eigenvalue weighted by Crippen LogP contribution is 2.11. The Bertz CT molecular complexity index is 280. The molecule has 2 rings (SSSR count). The predicted octanol–water partition coefficient (Wildman–Crippen LogP) is 1.90.